The van der Waals surface area contributed by atoms with Gasteiger partial charge in [-0.2, -0.15) is 0 Å². The number of hydrogen-bond acceptors (Lipinski definition) is 1. The van der Waals surface area contributed by atoms with Crippen LogP contribution >= 0.6 is 0 Å². The van der Waals surface area contributed by atoms with Gasteiger partial charge in [-0.25, -0.2) is 0 Å². The van der Waals surface area contributed by atoms with E-state index in [-0.39, 0.29) is 24.9 Å². The number of allylic oxidation sites excluding steroid dienone is 2. The summed E-state index contributed by atoms with van der Waals surface area (Å²) in [7, 11) is 0. The maximum absolute atomic E-state index is 4.66. The maximum atomic E-state index is 4.66. The Bertz CT molecular complexity index is 560. The SMILES string of the molecule is CC1=[C-]CC(C(C)(C)Cc2ccc(C3CCCC3)cc2)=N1.[Ru+]. The number of nitrogens with zero attached hydrogens (tertiary/aromatic N) is 1. The Morgan fingerprint density at radius 2 is 1.77 bits per heavy atom. The predicted octanol–water partition coefficient (Wildman–Crippen LogP) is 5.46. The Morgan fingerprint density at radius 3 is 2.32 bits per heavy atom. The minimum absolute atomic E-state index is 0. The fourth-order valence-corrected chi connectivity index (χ4v) is 3.66. The average Bonchev–Trinajstić information content (AvgIpc) is 3.10. The third kappa shape index (κ3) is 3.96. The van der Waals surface area contributed by atoms with Crippen LogP contribution in [-0.2, 0) is 25.9 Å². The quantitative estimate of drug-likeness (QED) is 0.485. The summed E-state index contributed by atoms with van der Waals surface area (Å²) < 4.78 is 0. The van der Waals surface area contributed by atoms with Gasteiger partial charge in [0.05, 0.1) is 0 Å². The van der Waals surface area contributed by atoms with E-state index in [1.165, 1.54) is 42.5 Å². The molecule has 1 nitrogen and oxygen atoms in total. The summed E-state index contributed by atoms with van der Waals surface area (Å²) >= 11 is 0. The second-order valence-electron chi connectivity index (χ2n) is 7.28. The second-order valence-corrected chi connectivity index (χ2v) is 7.28. The first-order chi connectivity index (χ1) is 10.0. The van der Waals surface area contributed by atoms with Crippen molar-refractivity contribution in [2.45, 2.75) is 65.2 Å². The maximum Gasteiger partial charge on any atom is 1.00 e. The van der Waals surface area contributed by atoms with Crippen LogP contribution in [0.4, 0.5) is 0 Å². The molecule has 0 amide bonds. The molecule has 2 heteroatoms. The summed E-state index contributed by atoms with van der Waals surface area (Å²) in [6, 6.07) is 9.37. The molecule has 1 fully saturated rings. The third-order valence-corrected chi connectivity index (χ3v) is 5.05. The van der Waals surface area contributed by atoms with E-state index in [1.54, 1.807) is 0 Å². The molecule has 119 valence electrons. The summed E-state index contributed by atoms with van der Waals surface area (Å²) in [5.41, 5.74) is 5.42. The van der Waals surface area contributed by atoms with Crippen LogP contribution in [0.3, 0.4) is 0 Å². The first kappa shape index (κ1) is 17.6. The minimum Gasteiger partial charge on any atom is -0.468 e. The topological polar surface area (TPSA) is 12.4 Å². The van der Waals surface area contributed by atoms with E-state index in [9.17, 15) is 0 Å². The van der Waals surface area contributed by atoms with E-state index in [0.717, 1.165) is 24.5 Å². The van der Waals surface area contributed by atoms with Crippen molar-refractivity contribution in [3.8, 4) is 0 Å². The van der Waals surface area contributed by atoms with Gasteiger partial charge < -0.3 is 11.1 Å². The zero-order chi connectivity index (χ0) is 14.9. The van der Waals surface area contributed by atoms with Crippen LogP contribution in [0, 0.1) is 11.5 Å². The molecule has 0 bridgehead atoms. The van der Waals surface area contributed by atoms with Crippen LogP contribution in [0.15, 0.2) is 35.0 Å². The summed E-state index contributed by atoms with van der Waals surface area (Å²) in [6.07, 6.45) is 10.8. The normalized spacial score (nSPS) is 18.9. The summed E-state index contributed by atoms with van der Waals surface area (Å²) in [6.45, 7) is 6.65. The Hall–Kier alpha value is -0.747. The molecule has 1 saturated carbocycles. The van der Waals surface area contributed by atoms with Crippen molar-refractivity contribution in [1.29, 1.82) is 0 Å². The molecule has 0 unspecified atom stereocenters. The standard InChI is InChI=1S/C20H26N.Ru/c1-15-8-13-19(21-15)20(2,3)14-16-9-11-18(12-10-16)17-6-4-5-7-17;/h9-12,17H,4-7,13-14H2,1-3H3;/q-1;+1. The van der Waals surface area contributed by atoms with E-state index in [0.29, 0.717) is 0 Å². The molecule has 22 heavy (non-hydrogen) atoms. The van der Waals surface area contributed by atoms with Gasteiger partial charge >= 0.3 is 19.5 Å². The van der Waals surface area contributed by atoms with Crippen molar-refractivity contribution in [2.24, 2.45) is 10.4 Å². The van der Waals surface area contributed by atoms with Crippen molar-refractivity contribution in [1.82, 2.24) is 0 Å². The molecule has 0 N–H and O–H groups in total. The van der Waals surface area contributed by atoms with Crippen LogP contribution in [0.25, 0.3) is 0 Å². The monoisotopic (exact) mass is 382 g/mol. The Morgan fingerprint density at radius 1 is 1.14 bits per heavy atom. The van der Waals surface area contributed by atoms with Crippen LogP contribution in [0.2, 0.25) is 0 Å². The van der Waals surface area contributed by atoms with Gasteiger partial charge in [-0.3, -0.25) is 0 Å². The van der Waals surface area contributed by atoms with Crippen molar-refractivity contribution in [2.75, 3.05) is 0 Å². The summed E-state index contributed by atoms with van der Waals surface area (Å²) in [4.78, 5) is 4.66. The van der Waals surface area contributed by atoms with Gasteiger partial charge in [-0.05, 0) is 42.0 Å². The third-order valence-electron chi connectivity index (χ3n) is 5.05. The van der Waals surface area contributed by atoms with Gasteiger partial charge in [0.15, 0.2) is 0 Å². The Kier molecular flexibility index (Phi) is 5.78. The van der Waals surface area contributed by atoms with E-state index < -0.39 is 0 Å². The van der Waals surface area contributed by atoms with E-state index in [1.807, 2.05) is 6.92 Å². The van der Waals surface area contributed by atoms with E-state index >= 15 is 0 Å². The fraction of sp³-hybridized carbons (Fsp3) is 0.550. The summed E-state index contributed by atoms with van der Waals surface area (Å²) in [5, 5.41) is 0. The second kappa shape index (κ2) is 7.22. The van der Waals surface area contributed by atoms with Gasteiger partial charge in [-0.15, -0.1) is 12.1 Å². The van der Waals surface area contributed by atoms with Gasteiger partial charge in [0, 0.05) is 5.41 Å². The largest absolute Gasteiger partial charge is 1.00 e. The molecule has 1 aliphatic carbocycles. The van der Waals surface area contributed by atoms with Crippen molar-refractivity contribution >= 4 is 5.71 Å². The van der Waals surface area contributed by atoms with Gasteiger partial charge in [-0.1, -0.05) is 57.9 Å². The molecular weight excluding hydrogens is 355 g/mol. The van der Waals surface area contributed by atoms with Gasteiger partial charge in [0.25, 0.3) is 0 Å². The first-order valence-corrected chi connectivity index (χ1v) is 8.29. The van der Waals surface area contributed by atoms with Gasteiger partial charge in [0.2, 0.25) is 0 Å². The fourth-order valence-electron chi connectivity index (χ4n) is 3.66. The number of hydrogen-bond donors (Lipinski definition) is 0. The van der Waals surface area contributed by atoms with Crippen molar-refractivity contribution < 1.29 is 19.5 Å². The molecule has 1 heterocycles. The molecule has 0 saturated heterocycles. The molecular formula is C20H26NRu. The number of benzene rings is 1. The van der Waals surface area contributed by atoms with Gasteiger partial charge in [0.1, 0.15) is 0 Å². The van der Waals surface area contributed by atoms with Crippen molar-refractivity contribution in [3.05, 3.63) is 47.2 Å². The van der Waals surface area contributed by atoms with Crippen LogP contribution in [0.1, 0.15) is 69.9 Å². The molecule has 0 atom stereocenters. The first-order valence-electron chi connectivity index (χ1n) is 8.29. The molecule has 0 spiro atoms. The molecule has 1 aromatic rings. The average molecular weight is 382 g/mol. The molecule has 1 aromatic carbocycles. The molecule has 3 rings (SSSR count). The Labute approximate surface area is 148 Å². The van der Waals surface area contributed by atoms with Crippen molar-refractivity contribution in [3.63, 3.8) is 0 Å². The molecule has 1 aliphatic heterocycles. The summed E-state index contributed by atoms with van der Waals surface area (Å²) in [5.74, 6) is 0.813. The molecule has 1 radical (unpaired) electrons. The smallest absolute Gasteiger partial charge is 0.468 e. The van der Waals surface area contributed by atoms with E-state index in [2.05, 4.69) is 49.2 Å². The number of rotatable bonds is 4. The number of aliphatic imine (C=N–C) groups is 1. The van der Waals surface area contributed by atoms with E-state index in [4.69, 9.17) is 0 Å². The molecule has 0 aromatic heterocycles. The Balaban J connectivity index is 0.00000176. The van der Waals surface area contributed by atoms with Crippen LogP contribution < -0.4 is 0 Å². The van der Waals surface area contributed by atoms with Crippen LogP contribution in [-0.4, -0.2) is 5.71 Å². The zero-order valence-corrected chi connectivity index (χ0v) is 15.7. The predicted molar refractivity (Wildman–Crippen MR) is 89.6 cm³/mol. The van der Waals surface area contributed by atoms with Crippen LogP contribution in [0.5, 0.6) is 0 Å². The zero-order valence-electron chi connectivity index (χ0n) is 13.9. The minimum atomic E-state index is 0. The molecule has 2 aliphatic rings.